The molecule has 1 N–H and O–H groups in total. The standard InChI is InChI=1S/C7H14FNO2/c1-7(2,3)9-4-5(10)6(8)11-9/h5-6,10H,4H2,1-3H3/t5-,6+/m1/s1. The molecule has 1 aliphatic rings. The van der Waals surface area contributed by atoms with Crippen molar-refractivity contribution in [2.24, 2.45) is 0 Å². The normalized spacial score (nSPS) is 34.6. The third-order valence-corrected chi connectivity index (χ3v) is 1.63. The monoisotopic (exact) mass is 163 g/mol. The molecule has 2 atom stereocenters. The zero-order chi connectivity index (χ0) is 8.65. The fourth-order valence-corrected chi connectivity index (χ4v) is 0.920. The van der Waals surface area contributed by atoms with E-state index in [1.165, 1.54) is 5.06 Å². The molecule has 0 saturated carbocycles. The second-order valence-corrected chi connectivity index (χ2v) is 3.76. The molecule has 1 saturated heterocycles. The Labute approximate surface area is 65.7 Å². The van der Waals surface area contributed by atoms with E-state index in [4.69, 9.17) is 9.94 Å². The van der Waals surface area contributed by atoms with E-state index in [0.717, 1.165) is 0 Å². The zero-order valence-electron chi connectivity index (χ0n) is 7.04. The smallest absolute Gasteiger partial charge is 0.244 e. The van der Waals surface area contributed by atoms with Crippen molar-refractivity contribution in [3.8, 4) is 0 Å². The lowest BCUT2D eigenvalue weighted by Crippen LogP contribution is -2.39. The van der Waals surface area contributed by atoms with Crippen LogP contribution in [0.25, 0.3) is 0 Å². The van der Waals surface area contributed by atoms with Crippen LogP contribution in [0.15, 0.2) is 0 Å². The largest absolute Gasteiger partial charge is 0.386 e. The number of rotatable bonds is 0. The fourth-order valence-electron chi connectivity index (χ4n) is 0.920. The summed E-state index contributed by atoms with van der Waals surface area (Å²) in [5.41, 5.74) is -0.248. The molecule has 11 heavy (non-hydrogen) atoms. The summed E-state index contributed by atoms with van der Waals surface area (Å²) in [7, 11) is 0. The van der Waals surface area contributed by atoms with Crippen LogP contribution in [0.2, 0.25) is 0 Å². The van der Waals surface area contributed by atoms with Gasteiger partial charge >= 0.3 is 0 Å². The Bertz CT molecular complexity index is 136. The van der Waals surface area contributed by atoms with Crippen LogP contribution in [0.5, 0.6) is 0 Å². The van der Waals surface area contributed by atoms with E-state index >= 15 is 0 Å². The highest BCUT2D eigenvalue weighted by Crippen LogP contribution is 2.23. The lowest BCUT2D eigenvalue weighted by atomic mass is 10.1. The van der Waals surface area contributed by atoms with Crippen molar-refractivity contribution in [3.05, 3.63) is 0 Å². The maximum Gasteiger partial charge on any atom is 0.244 e. The summed E-state index contributed by atoms with van der Waals surface area (Å²) in [6.45, 7) is 5.94. The van der Waals surface area contributed by atoms with E-state index < -0.39 is 12.5 Å². The molecule has 1 heterocycles. The Balaban J connectivity index is 2.54. The number of hydrogen-bond donors (Lipinski definition) is 1. The van der Waals surface area contributed by atoms with Gasteiger partial charge in [-0.05, 0) is 20.8 Å². The molecule has 1 aliphatic heterocycles. The van der Waals surface area contributed by atoms with Crippen LogP contribution in [0.4, 0.5) is 4.39 Å². The number of aliphatic hydroxyl groups is 1. The van der Waals surface area contributed by atoms with Gasteiger partial charge in [0.05, 0.1) is 6.54 Å². The van der Waals surface area contributed by atoms with Gasteiger partial charge < -0.3 is 5.11 Å². The zero-order valence-corrected chi connectivity index (χ0v) is 7.04. The van der Waals surface area contributed by atoms with Gasteiger partial charge in [-0.25, -0.2) is 4.39 Å². The predicted octanol–water partition coefficient (Wildman–Crippen LogP) is 0.689. The summed E-state index contributed by atoms with van der Waals surface area (Å²) in [6.07, 6.45) is -2.57. The number of alkyl halides is 1. The third kappa shape index (κ3) is 1.89. The van der Waals surface area contributed by atoms with Gasteiger partial charge in [-0.1, -0.05) is 0 Å². The second kappa shape index (κ2) is 2.69. The van der Waals surface area contributed by atoms with Gasteiger partial charge in [0.2, 0.25) is 6.36 Å². The highest BCUT2D eigenvalue weighted by molar-refractivity contribution is 4.78. The molecule has 0 unspecified atom stereocenters. The van der Waals surface area contributed by atoms with Crippen molar-refractivity contribution in [1.82, 2.24) is 5.06 Å². The van der Waals surface area contributed by atoms with E-state index in [2.05, 4.69) is 0 Å². The third-order valence-electron chi connectivity index (χ3n) is 1.63. The van der Waals surface area contributed by atoms with Crippen LogP contribution >= 0.6 is 0 Å². The Kier molecular flexibility index (Phi) is 2.18. The molecule has 4 heteroatoms. The molecule has 0 amide bonds. The molecular formula is C7H14FNO2. The van der Waals surface area contributed by atoms with E-state index in [1.54, 1.807) is 0 Å². The first-order valence-electron chi connectivity index (χ1n) is 3.68. The van der Waals surface area contributed by atoms with Crippen LogP contribution < -0.4 is 0 Å². The molecule has 66 valence electrons. The van der Waals surface area contributed by atoms with E-state index in [0.29, 0.717) is 0 Å². The molecule has 0 aromatic carbocycles. The summed E-state index contributed by atoms with van der Waals surface area (Å²) in [5.74, 6) is 0. The molecule has 0 aromatic rings. The van der Waals surface area contributed by atoms with Crippen LogP contribution in [0, 0.1) is 0 Å². The van der Waals surface area contributed by atoms with Gasteiger partial charge in [0.1, 0.15) is 6.10 Å². The maximum absolute atomic E-state index is 12.6. The molecule has 3 nitrogen and oxygen atoms in total. The molecule has 1 rings (SSSR count). The van der Waals surface area contributed by atoms with Crippen molar-refractivity contribution >= 4 is 0 Å². The summed E-state index contributed by atoms with van der Waals surface area (Å²) < 4.78 is 12.6. The van der Waals surface area contributed by atoms with Crippen LogP contribution in [-0.4, -0.2) is 34.7 Å². The van der Waals surface area contributed by atoms with Crippen molar-refractivity contribution in [2.75, 3.05) is 6.54 Å². The fraction of sp³-hybridized carbons (Fsp3) is 1.00. The Morgan fingerprint density at radius 3 is 2.27 bits per heavy atom. The SMILES string of the molecule is CC(C)(C)N1C[C@@H](O)[C@@H](F)O1. The van der Waals surface area contributed by atoms with Crippen LogP contribution in [0.3, 0.4) is 0 Å². The molecule has 0 bridgehead atoms. The van der Waals surface area contributed by atoms with Gasteiger partial charge in [0.15, 0.2) is 0 Å². The Hall–Kier alpha value is -0.190. The average molecular weight is 163 g/mol. The van der Waals surface area contributed by atoms with Crippen molar-refractivity contribution in [3.63, 3.8) is 0 Å². The number of aliphatic hydroxyl groups excluding tert-OH is 1. The minimum atomic E-state index is -1.56. The first-order chi connectivity index (χ1) is 4.91. The predicted molar refractivity (Wildman–Crippen MR) is 38.4 cm³/mol. The number of hydrogen-bond acceptors (Lipinski definition) is 3. The van der Waals surface area contributed by atoms with Gasteiger partial charge in [0.25, 0.3) is 0 Å². The topological polar surface area (TPSA) is 32.7 Å². The maximum atomic E-state index is 12.6. The van der Waals surface area contributed by atoms with E-state index in [1.807, 2.05) is 20.8 Å². The van der Waals surface area contributed by atoms with E-state index in [-0.39, 0.29) is 12.1 Å². The average Bonchev–Trinajstić information content (AvgIpc) is 2.11. The van der Waals surface area contributed by atoms with Gasteiger partial charge in [-0.3, -0.25) is 4.84 Å². The first kappa shape index (κ1) is 8.90. The molecule has 0 radical (unpaired) electrons. The number of nitrogens with zero attached hydrogens (tertiary/aromatic N) is 1. The van der Waals surface area contributed by atoms with Crippen LogP contribution in [-0.2, 0) is 4.84 Å². The molecule has 0 aromatic heterocycles. The lowest BCUT2D eigenvalue weighted by Gasteiger charge is -2.28. The number of β-amino-alcohol motifs (C(OH)–C–C–N with tert-alkyl or cyclic N) is 1. The first-order valence-corrected chi connectivity index (χ1v) is 3.68. The van der Waals surface area contributed by atoms with Gasteiger partial charge in [-0.2, -0.15) is 5.06 Å². The van der Waals surface area contributed by atoms with Crippen LogP contribution in [0.1, 0.15) is 20.8 Å². The van der Waals surface area contributed by atoms with Gasteiger partial charge in [0, 0.05) is 5.54 Å². The number of hydroxylamine groups is 2. The lowest BCUT2D eigenvalue weighted by molar-refractivity contribution is -0.228. The van der Waals surface area contributed by atoms with Gasteiger partial charge in [-0.15, -0.1) is 0 Å². The minimum absolute atomic E-state index is 0.241. The molecule has 1 fully saturated rings. The highest BCUT2D eigenvalue weighted by atomic mass is 19.1. The number of halogens is 1. The summed E-state index contributed by atoms with van der Waals surface area (Å²) in [6, 6.07) is 0. The Morgan fingerprint density at radius 1 is 1.55 bits per heavy atom. The summed E-state index contributed by atoms with van der Waals surface area (Å²) in [4.78, 5) is 4.75. The highest BCUT2D eigenvalue weighted by Gasteiger charge is 2.38. The second-order valence-electron chi connectivity index (χ2n) is 3.76. The minimum Gasteiger partial charge on any atom is -0.386 e. The van der Waals surface area contributed by atoms with E-state index in [9.17, 15) is 4.39 Å². The summed E-state index contributed by atoms with van der Waals surface area (Å²) >= 11 is 0. The Morgan fingerprint density at radius 2 is 2.09 bits per heavy atom. The van der Waals surface area contributed by atoms with Crippen molar-refractivity contribution in [2.45, 2.75) is 38.8 Å². The molecule has 0 aliphatic carbocycles. The molecule has 0 spiro atoms. The quantitative estimate of drug-likeness (QED) is 0.570. The summed E-state index contributed by atoms with van der Waals surface area (Å²) in [5, 5.41) is 10.5. The van der Waals surface area contributed by atoms with Crippen molar-refractivity contribution < 1.29 is 14.3 Å². The van der Waals surface area contributed by atoms with Crippen molar-refractivity contribution in [1.29, 1.82) is 0 Å². The molecular weight excluding hydrogens is 149 g/mol.